The Kier molecular flexibility index (Phi) is 3.31. The summed E-state index contributed by atoms with van der Waals surface area (Å²) in [5.41, 5.74) is -2.02. The molecular formula is C11H7N3O4S. The van der Waals surface area contributed by atoms with E-state index in [0.717, 1.165) is 10.8 Å². The number of hydrogen-bond donors (Lipinski definition) is 2. The molecule has 2 aromatic rings. The third-order valence-electron chi connectivity index (χ3n) is 2.41. The normalized spacial score (nSPS) is 11.7. The maximum absolute atomic E-state index is 11.7. The van der Waals surface area contributed by atoms with Crippen LogP contribution in [0.25, 0.3) is 0 Å². The smallest absolute Gasteiger partial charge is 0.332 e. The van der Waals surface area contributed by atoms with Crippen molar-refractivity contribution in [2.75, 3.05) is 0 Å². The number of nitriles is 1. The molecule has 2 heterocycles. The number of rotatable bonds is 3. The molecule has 0 saturated heterocycles. The first-order valence-corrected chi connectivity index (χ1v) is 5.94. The summed E-state index contributed by atoms with van der Waals surface area (Å²) in [4.78, 5) is 36.6. The van der Waals surface area contributed by atoms with Gasteiger partial charge >= 0.3 is 11.7 Å². The number of aromatic amines is 1. The largest absolute Gasteiger partial charge is 0.479 e. The molecule has 0 aromatic carbocycles. The highest BCUT2D eigenvalue weighted by Crippen LogP contribution is 2.22. The predicted octanol–water partition coefficient (Wildman–Crippen LogP) is 0.144. The van der Waals surface area contributed by atoms with Crippen LogP contribution in [0.1, 0.15) is 16.5 Å². The van der Waals surface area contributed by atoms with Gasteiger partial charge in [0.05, 0.1) is 0 Å². The van der Waals surface area contributed by atoms with Crippen LogP contribution in [0.15, 0.2) is 33.3 Å². The maximum atomic E-state index is 11.7. The monoisotopic (exact) mass is 277 g/mol. The first kappa shape index (κ1) is 12.8. The Morgan fingerprint density at radius 3 is 2.79 bits per heavy atom. The van der Waals surface area contributed by atoms with E-state index in [1.54, 1.807) is 23.6 Å². The molecule has 7 nitrogen and oxygen atoms in total. The fourth-order valence-corrected chi connectivity index (χ4v) is 2.40. The van der Waals surface area contributed by atoms with E-state index in [1.165, 1.54) is 11.3 Å². The molecule has 0 saturated carbocycles. The van der Waals surface area contributed by atoms with Crippen molar-refractivity contribution in [1.29, 1.82) is 5.26 Å². The minimum absolute atomic E-state index is 0.317. The van der Waals surface area contributed by atoms with E-state index in [4.69, 9.17) is 5.26 Å². The molecule has 2 rings (SSSR count). The minimum atomic E-state index is -1.27. The second-order valence-corrected chi connectivity index (χ2v) is 4.56. The summed E-state index contributed by atoms with van der Waals surface area (Å²) in [6, 6.07) is 3.55. The molecule has 0 unspecified atom stereocenters. The molecule has 2 aromatic heterocycles. The van der Waals surface area contributed by atoms with Gasteiger partial charge in [-0.2, -0.15) is 5.26 Å². The topological polar surface area (TPSA) is 116 Å². The highest BCUT2D eigenvalue weighted by Gasteiger charge is 2.24. The van der Waals surface area contributed by atoms with Crippen LogP contribution in [0.4, 0.5) is 0 Å². The van der Waals surface area contributed by atoms with Gasteiger partial charge in [0.1, 0.15) is 11.6 Å². The molecule has 0 bridgehead atoms. The highest BCUT2D eigenvalue weighted by atomic mass is 32.1. The van der Waals surface area contributed by atoms with Crippen LogP contribution in [0, 0.1) is 11.3 Å². The summed E-state index contributed by atoms with van der Waals surface area (Å²) < 4.78 is 0.827. The maximum Gasteiger partial charge on any atom is 0.332 e. The second kappa shape index (κ2) is 4.91. The number of aliphatic carboxylic acids is 1. The van der Waals surface area contributed by atoms with Crippen LogP contribution in [-0.4, -0.2) is 20.6 Å². The van der Waals surface area contributed by atoms with Crippen molar-refractivity contribution < 1.29 is 9.90 Å². The molecule has 0 fully saturated rings. The lowest BCUT2D eigenvalue weighted by molar-refractivity contribution is -0.139. The third kappa shape index (κ3) is 2.31. The number of thiophene rings is 1. The van der Waals surface area contributed by atoms with Gasteiger partial charge in [-0.1, -0.05) is 6.07 Å². The molecule has 96 valence electrons. The van der Waals surface area contributed by atoms with Crippen molar-refractivity contribution in [2.45, 2.75) is 6.04 Å². The number of hydrogen-bond acceptors (Lipinski definition) is 5. The van der Waals surface area contributed by atoms with Crippen LogP contribution >= 0.6 is 11.3 Å². The van der Waals surface area contributed by atoms with Gasteiger partial charge in [-0.3, -0.25) is 14.3 Å². The van der Waals surface area contributed by atoms with E-state index in [1.807, 2.05) is 4.98 Å². The van der Waals surface area contributed by atoms with Gasteiger partial charge in [-0.15, -0.1) is 11.3 Å². The van der Waals surface area contributed by atoms with E-state index in [-0.39, 0.29) is 5.56 Å². The zero-order valence-corrected chi connectivity index (χ0v) is 10.2. The molecule has 2 N–H and O–H groups in total. The summed E-state index contributed by atoms with van der Waals surface area (Å²) in [7, 11) is 0. The summed E-state index contributed by atoms with van der Waals surface area (Å²) in [5, 5.41) is 19.7. The second-order valence-electron chi connectivity index (χ2n) is 3.58. The van der Waals surface area contributed by atoms with Crippen LogP contribution in [-0.2, 0) is 4.79 Å². The number of carboxylic acids is 1. The third-order valence-corrected chi connectivity index (χ3v) is 3.34. The van der Waals surface area contributed by atoms with Crippen LogP contribution in [0.5, 0.6) is 0 Å². The van der Waals surface area contributed by atoms with Gasteiger partial charge < -0.3 is 5.11 Å². The van der Waals surface area contributed by atoms with Crippen molar-refractivity contribution in [3.8, 4) is 6.07 Å². The van der Waals surface area contributed by atoms with E-state index in [2.05, 4.69) is 0 Å². The SMILES string of the molecule is N#Cc1cn([C@H](C(=O)O)c2cccs2)c(=O)[nH]c1=O. The van der Waals surface area contributed by atoms with Crippen LogP contribution in [0.3, 0.4) is 0 Å². The molecule has 19 heavy (non-hydrogen) atoms. The van der Waals surface area contributed by atoms with Gasteiger partial charge in [0.2, 0.25) is 0 Å². The molecule has 0 aliphatic rings. The molecule has 0 amide bonds. The van der Waals surface area contributed by atoms with Crippen molar-refractivity contribution in [3.63, 3.8) is 0 Å². The lowest BCUT2D eigenvalue weighted by Crippen LogP contribution is -2.36. The highest BCUT2D eigenvalue weighted by molar-refractivity contribution is 7.10. The van der Waals surface area contributed by atoms with E-state index >= 15 is 0 Å². The predicted molar refractivity (Wildman–Crippen MR) is 66.1 cm³/mol. The summed E-state index contributed by atoms with van der Waals surface area (Å²) in [6.45, 7) is 0. The fourth-order valence-electron chi connectivity index (χ4n) is 1.58. The van der Waals surface area contributed by atoms with Crippen molar-refractivity contribution in [1.82, 2.24) is 9.55 Å². The average molecular weight is 277 g/mol. The van der Waals surface area contributed by atoms with Gasteiger partial charge in [-0.05, 0) is 11.4 Å². The number of aromatic nitrogens is 2. The van der Waals surface area contributed by atoms with E-state index in [0.29, 0.717) is 4.88 Å². The van der Waals surface area contributed by atoms with Gasteiger partial charge in [0.15, 0.2) is 6.04 Å². The molecule has 0 spiro atoms. The summed E-state index contributed by atoms with van der Waals surface area (Å²) in [6.07, 6.45) is 0.958. The molecule has 0 radical (unpaired) electrons. The Morgan fingerprint density at radius 2 is 2.26 bits per heavy atom. The molecular weight excluding hydrogens is 270 g/mol. The standard InChI is InChI=1S/C11H7N3O4S/c12-4-6-5-14(11(18)13-9(6)15)8(10(16)17)7-2-1-3-19-7/h1-3,5,8H,(H,16,17)(H,13,15,18)/t8-/m0/s1. The minimum Gasteiger partial charge on any atom is -0.479 e. The van der Waals surface area contributed by atoms with E-state index in [9.17, 15) is 19.5 Å². The Labute approximate surface area is 110 Å². The summed E-state index contributed by atoms with van der Waals surface area (Å²) in [5.74, 6) is -1.25. The zero-order valence-electron chi connectivity index (χ0n) is 9.36. The van der Waals surface area contributed by atoms with Gasteiger partial charge in [0, 0.05) is 11.1 Å². The van der Waals surface area contributed by atoms with Crippen LogP contribution < -0.4 is 11.2 Å². The fraction of sp³-hybridized carbons (Fsp3) is 0.0909. The lowest BCUT2D eigenvalue weighted by Gasteiger charge is -2.13. The lowest BCUT2D eigenvalue weighted by atomic mass is 10.2. The zero-order chi connectivity index (χ0) is 14.0. The Bertz CT molecular complexity index is 766. The first-order chi connectivity index (χ1) is 9.04. The quantitative estimate of drug-likeness (QED) is 0.828. The summed E-state index contributed by atoms with van der Waals surface area (Å²) >= 11 is 1.17. The van der Waals surface area contributed by atoms with Gasteiger partial charge in [-0.25, -0.2) is 9.59 Å². The number of carbonyl (C=O) groups is 1. The van der Waals surface area contributed by atoms with E-state index < -0.39 is 23.3 Å². The molecule has 0 aliphatic carbocycles. The van der Waals surface area contributed by atoms with Gasteiger partial charge in [0.25, 0.3) is 5.56 Å². The number of carboxylic acid groups (broad SMARTS) is 1. The number of nitrogens with zero attached hydrogens (tertiary/aromatic N) is 2. The van der Waals surface area contributed by atoms with Crippen molar-refractivity contribution in [2.24, 2.45) is 0 Å². The average Bonchev–Trinajstić information content (AvgIpc) is 2.85. The molecule has 0 aliphatic heterocycles. The Hall–Kier alpha value is -2.66. The number of H-pyrrole nitrogens is 1. The van der Waals surface area contributed by atoms with Crippen molar-refractivity contribution in [3.05, 3.63) is 55.0 Å². The molecule has 8 heteroatoms. The Morgan fingerprint density at radius 1 is 1.53 bits per heavy atom. The first-order valence-electron chi connectivity index (χ1n) is 5.06. The van der Waals surface area contributed by atoms with Crippen molar-refractivity contribution >= 4 is 17.3 Å². The Balaban J connectivity index is 2.69. The number of nitrogens with one attached hydrogen (secondary N) is 1. The molecule has 1 atom stereocenters. The van der Waals surface area contributed by atoms with Crippen LogP contribution in [0.2, 0.25) is 0 Å².